The van der Waals surface area contributed by atoms with Crippen molar-refractivity contribution in [1.29, 1.82) is 0 Å². The molecule has 0 atom stereocenters. The van der Waals surface area contributed by atoms with Gasteiger partial charge in [-0.15, -0.1) is 0 Å². The van der Waals surface area contributed by atoms with E-state index in [4.69, 9.17) is 4.99 Å². The predicted octanol–water partition coefficient (Wildman–Crippen LogP) is 9.39. The minimum absolute atomic E-state index is 0.165. The Kier molecular flexibility index (Phi) is 14.6. The second-order valence-corrected chi connectivity index (χ2v) is 14.1. The van der Waals surface area contributed by atoms with Crippen LogP contribution in [0.1, 0.15) is 124 Å². The van der Waals surface area contributed by atoms with E-state index in [2.05, 4.69) is 40.7 Å². The quantitative estimate of drug-likeness (QED) is 0.0804. The fourth-order valence-electron chi connectivity index (χ4n) is 6.22. The number of hydrogen-bond acceptors (Lipinski definition) is 7. The van der Waals surface area contributed by atoms with Gasteiger partial charge in [0.25, 0.3) is 10.1 Å². The maximum atomic E-state index is 13.7. The highest BCUT2D eigenvalue weighted by Crippen LogP contribution is 2.27. The van der Waals surface area contributed by atoms with Crippen molar-refractivity contribution >= 4 is 55.8 Å². The fraction of sp³-hybridized carbons (Fsp3) is 0.568. The number of hydrogen-bond donors (Lipinski definition) is 2. The number of aliphatic imine (C=N–C) groups is 1. The summed E-state index contributed by atoms with van der Waals surface area (Å²) in [7, 11) is -4.39. The van der Waals surface area contributed by atoms with Crippen LogP contribution in [0, 0.1) is 0 Å². The number of aromatic nitrogens is 2. The summed E-state index contributed by atoms with van der Waals surface area (Å²) in [5.41, 5.74) is 3.48. The summed E-state index contributed by atoms with van der Waals surface area (Å²) in [4.78, 5) is 27.9. The van der Waals surface area contributed by atoms with E-state index in [1.165, 1.54) is 100 Å². The van der Waals surface area contributed by atoms with Gasteiger partial charge in [0.1, 0.15) is 0 Å². The van der Waals surface area contributed by atoms with E-state index in [1.54, 1.807) is 0 Å². The van der Waals surface area contributed by atoms with Crippen LogP contribution in [0.15, 0.2) is 57.5 Å². The van der Waals surface area contributed by atoms with Gasteiger partial charge in [0.2, 0.25) is 5.95 Å². The number of benzene rings is 2. The zero-order chi connectivity index (χ0) is 34.4. The zero-order valence-electron chi connectivity index (χ0n) is 29.1. The van der Waals surface area contributed by atoms with Gasteiger partial charge in [0.15, 0.2) is 5.71 Å². The molecule has 2 aromatic carbocycles. The first-order chi connectivity index (χ1) is 23.2. The van der Waals surface area contributed by atoms with Gasteiger partial charge in [-0.2, -0.15) is 18.5 Å². The standard InChI is InChI=1S/C37H54N6O4S/c1-4-7-8-9-10-11-12-13-14-15-16-17-18-19-20-21-33-35(38-29-22-24-30(25-23-29)42(5-2)6-3)36(44)43(41-33)37-39-32-27-26-31(48(45,46)47)28-34(32)40-37/h22-28H,4-21H2,1-3H3,(H,39,40)(H,45,46,47). The molecule has 48 heavy (non-hydrogen) atoms. The Balaban J connectivity index is 1.35. The highest BCUT2D eigenvalue weighted by Gasteiger charge is 2.34. The van der Waals surface area contributed by atoms with Crippen molar-refractivity contribution in [3.05, 3.63) is 42.5 Å². The molecule has 11 heteroatoms. The highest BCUT2D eigenvalue weighted by molar-refractivity contribution is 7.85. The van der Waals surface area contributed by atoms with E-state index in [-0.39, 0.29) is 16.6 Å². The predicted molar refractivity (Wildman–Crippen MR) is 197 cm³/mol. The average molecular weight is 679 g/mol. The van der Waals surface area contributed by atoms with Crippen LogP contribution >= 0.6 is 0 Å². The van der Waals surface area contributed by atoms with Gasteiger partial charge < -0.3 is 9.88 Å². The number of unbranched alkanes of at least 4 members (excludes halogenated alkanes) is 14. The monoisotopic (exact) mass is 678 g/mol. The molecule has 1 aliphatic rings. The first-order valence-corrected chi connectivity index (χ1v) is 19.5. The average Bonchev–Trinajstić information content (AvgIpc) is 3.64. The van der Waals surface area contributed by atoms with Gasteiger partial charge >= 0.3 is 5.91 Å². The van der Waals surface area contributed by atoms with Crippen LogP contribution in [-0.4, -0.2) is 53.4 Å². The normalized spacial score (nSPS) is 14.4. The number of imidazole rings is 1. The van der Waals surface area contributed by atoms with Gasteiger partial charge in [-0.3, -0.25) is 9.35 Å². The van der Waals surface area contributed by atoms with Crippen LogP contribution in [0.2, 0.25) is 0 Å². The van der Waals surface area contributed by atoms with Crippen molar-refractivity contribution < 1.29 is 17.8 Å². The molecule has 3 aromatic rings. The zero-order valence-corrected chi connectivity index (χ0v) is 29.9. The highest BCUT2D eigenvalue weighted by atomic mass is 32.2. The van der Waals surface area contributed by atoms with E-state index < -0.39 is 16.0 Å². The molecule has 2 heterocycles. The second kappa shape index (κ2) is 18.8. The summed E-state index contributed by atoms with van der Waals surface area (Å²) in [6.45, 7) is 8.30. The molecular formula is C37H54N6O4S. The van der Waals surface area contributed by atoms with E-state index in [9.17, 15) is 17.8 Å². The second-order valence-electron chi connectivity index (χ2n) is 12.7. The van der Waals surface area contributed by atoms with Crippen molar-refractivity contribution in [2.24, 2.45) is 10.1 Å². The van der Waals surface area contributed by atoms with E-state index in [1.807, 2.05) is 24.3 Å². The number of nitrogens with one attached hydrogen (secondary N) is 1. The molecule has 0 unspecified atom stereocenters. The maximum absolute atomic E-state index is 13.7. The summed E-state index contributed by atoms with van der Waals surface area (Å²) in [6, 6.07) is 11.9. The number of nitrogens with zero attached hydrogens (tertiary/aromatic N) is 5. The molecule has 0 spiro atoms. The summed E-state index contributed by atoms with van der Waals surface area (Å²) in [5.74, 6) is -0.230. The van der Waals surface area contributed by atoms with Gasteiger partial charge in [0, 0.05) is 18.8 Å². The topological polar surface area (TPSA) is 131 Å². The summed E-state index contributed by atoms with van der Waals surface area (Å²) < 4.78 is 32.7. The van der Waals surface area contributed by atoms with Crippen LogP contribution in [0.4, 0.5) is 17.3 Å². The van der Waals surface area contributed by atoms with Crippen molar-refractivity contribution in [3.63, 3.8) is 0 Å². The number of fused-ring (bicyclic) bond motifs is 1. The molecule has 0 saturated heterocycles. The minimum Gasteiger partial charge on any atom is -0.372 e. The van der Waals surface area contributed by atoms with E-state index in [0.717, 1.165) is 38.0 Å². The van der Waals surface area contributed by atoms with Gasteiger partial charge in [0.05, 0.1) is 27.3 Å². The van der Waals surface area contributed by atoms with Crippen molar-refractivity contribution in [3.8, 4) is 0 Å². The first kappa shape index (κ1) is 37.3. The van der Waals surface area contributed by atoms with Crippen molar-refractivity contribution in [2.45, 2.75) is 128 Å². The Morgan fingerprint density at radius 3 is 1.90 bits per heavy atom. The number of H-pyrrole nitrogens is 1. The molecule has 0 aliphatic carbocycles. The Bertz CT molecular complexity index is 1630. The molecule has 0 bridgehead atoms. The number of aromatic amines is 1. The lowest BCUT2D eigenvalue weighted by Gasteiger charge is -2.20. The SMILES string of the molecule is CCCCCCCCCCCCCCCCCC1=NN(c2nc3ccc(S(=O)(=O)O)cc3[nH]2)C(=O)C1=Nc1ccc(N(CC)CC)cc1. The molecule has 4 rings (SSSR count). The van der Waals surface area contributed by atoms with Gasteiger partial charge in [-0.25, -0.2) is 9.98 Å². The maximum Gasteiger partial charge on any atom is 0.301 e. The third-order valence-corrected chi connectivity index (χ3v) is 9.91. The molecule has 10 nitrogen and oxygen atoms in total. The van der Waals surface area contributed by atoms with Gasteiger partial charge in [-0.1, -0.05) is 96.8 Å². The van der Waals surface area contributed by atoms with Crippen LogP contribution in [0.25, 0.3) is 11.0 Å². The van der Waals surface area contributed by atoms with Crippen molar-refractivity contribution in [2.75, 3.05) is 23.0 Å². The third kappa shape index (κ3) is 10.7. The molecule has 0 radical (unpaired) electrons. The number of carbonyl (C=O) groups excluding carboxylic acids is 1. The number of rotatable bonds is 22. The van der Waals surface area contributed by atoms with E-state index >= 15 is 0 Å². The van der Waals surface area contributed by atoms with E-state index in [0.29, 0.717) is 28.9 Å². The summed E-state index contributed by atoms with van der Waals surface area (Å²) >= 11 is 0. The number of amides is 1. The molecule has 1 aliphatic heterocycles. The van der Waals surface area contributed by atoms with Crippen molar-refractivity contribution in [1.82, 2.24) is 9.97 Å². The lowest BCUT2D eigenvalue weighted by molar-refractivity contribution is -0.112. The molecule has 262 valence electrons. The molecule has 1 aromatic heterocycles. The van der Waals surface area contributed by atoms with Crippen LogP contribution in [0.3, 0.4) is 0 Å². The molecular weight excluding hydrogens is 625 g/mol. The molecule has 1 amide bonds. The Hall–Kier alpha value is -3.57. The number of hydrazone groups is 1. The lowest BCUT2D eigenvalue weighted by Crippen LogP contribution is -2.28. The molecule has 0 saturated carbocycles. The fourth-order valence-corrected chi connectivity index (χ4v) is 6.72. The Morgan fingerprint density at radius 2 is 1.35 bits per heavy atom. The van der Waals surface area contributed by atoms with Crippen LogP contribution in [-0.2, 0) is 14.9 Å². The largest absolute Gasteiger partial charge is 0.372 e. The Labute approximate surface area is 286 Å². The lowest BCUT2D eigenvalue weighted by atomic mass is 10.0. The summed E-state index contributed by atoms with van der Waals surface area (Å²) in [6.07, 6.45) is 19.8. The van der Waals surface area contributed by atoms with Crippen LogP contribution < -0.4 is 9.91 Å². The third-order valence-electron chi connectivity index (χ3n) is 9.06. The van der Waals surface area contributed by atoms with Gasteiger partial charge in [-0.05, 0) is 69.2 Å². The number of anilines is 2. The summed E-state index contributed by atoms with van der Waals surface area (Å²) in [5, 5.41) is 5.86. The molecule has 0 fully saturated rings. The Morgan fingerprint density at radius 1 is 0.792 bits per heavy atom. The molecule has 2 N–H and O–H groups in total. The van der Waals surface area contributed by atoms with Crippen LogP contribution in [0.5, 0.6) is 0 Å². The smallest absolute Gasteiger partial charge is 0.301 e. The number of carbonyl (C=O) groups is 1. The minimum atomic E-state index is -4.39. The first-order valence-electron chi connectivity index (χ1n) is 18.1.